The van der Waals surface area contributed by atoms with Crippen molar-refractivity contribution in [1.29, 1.82) is 5.41 Å². The van der Waals surface area contributed by atoms with Crippen LogP contribution in [-0.2, 0) is 4.79 Å². The molecule has 3 heterocycles. The Morgan fingerprint density at radius 2 is 1.89 bits per heavy atom. The van der Waals surface area contributed by atoms with Gasteiger partial charge in [0.1, 0.15) is 5.84 Å². The molecular formula is C21H20N4OS. The molecule has 1 aromatic heterocycles. The third-order valence-corrected chi connectivity index (χ3v) is 5.72. The molecule has 5 nitrogen and oxygen atoms in total. The lowest BCUT2D eigenvalue weighted by molar-refractivity contribution is -0.114. The molecule has 2 aliphatic rings. The normalized spacial score (nSPS) is 18.1. The zero-order chi connectivity index (χ0) is 19.3. The van der Waals surface area contributed by atoms with E-state index in [1.807, 2.05) is 38.2 Å². The summed E-state index contributed by atoms with van der Waals surface area (Å²) in [6.45, 7) is 8.12. The molecule has 2 aliphatic heterocycles. The fraction of sp³-hybridized carbons (Fsp3) is 0.190. The molecule has 1 amide bonds. The summed E-state index contributed by atoms with van der Waals surface area (Å²) in [5.74, 6) is -0.183. The number of rotatable bonds is 2. The van der Waals surface area contributed by atoms with Crippen molar-refractivity contribution in [2.45, 2.75) is 27.7 Å². The number of nitrogens with one attached hydrogen (secondary N) is 1. The predicted octanol–water partition coefficient (Wildman–Crippen LogP) is 4.57. The molecule has 4 rings (SSSR count). The number of carbonyl (C=O) groups is 1. The number of amidine groups is 2. The quantitative estimate of drug-likeness (QED) is 0.781. The van der Waals surface area contributed by atoms with E-state index in [4.69, 9.17) is 5.41 Å². The minimum absolute atomic E-state index is 0.176. The van der Waals surface area contributed by atoms with E-state index in [0.29, 0.717) is 10.7 Å². The number of aromatic nitrogens is 1. The van der Waals surface area contributed by atoms with E-state index >= 15 is 0 Å². The van der Waals surface area contributed by atoms with Gasteiger partial charge in [0.15, 0.2) is 5.17 Å². The molecule has 0 bridgehead atoms. The van der Waals surface area contributed by atoms with Crippen molar-refractivity contribution in [1.82, 2.24) is 9.47 Å². The Morgan fingerprint density at radius 3 is 2.63 bits per heavy atom. The second kappa shape index (κ2) is 6.39. The third kappa shape index (κ3) is 2.86. The molecule has 0 saturated heterocycles. The van der Waals surface area contributed by atoms with Crippen molar-refractivity contribution in [2.75, 3.05) is 0 Å². The summed E-state index contributed by atoms with van der Waals surface area (Å²) in [6, 6.07) is 10.3. The van der Waals surface area contributed by atoms with E-state index in [1.54, 1.807) is 11.0 Å². The number of amides is 1. The van der Waals surface area contributed by atoms with Gasteiger partial charge in [0.05, 0.1) is 5.57 Å². The van der Waals surface area contributed by atoms with Crippen LogP contribution in [0.15, 0.2) is 52.0 Å². The molecule has 0 atom stereocenters. The van der Waals surface area contributed by atoms with E-state index in [-0.39, 0.29) is 11.7 Å². The minimum atomic E-state index is -0.359. The van der Waals surface area contributed by atoms with Crippen molar-refractivity contribution in [3.63, 3.8) is 0 Å². The fourth-order valence-electron chi connectivity index (χ4n) is 3.48. The topological polar surface area (TPSA) is 61.5 Å². The van der Waals surface area contributed by atoms with Crippen LogP contribution in [0, 0.1) is 26.2 Å². The first kappa shape index (κ1) is 17.5. The van der Waals surface area contributed by atoms with Gasteiger partial charge in [-0.1, -0.05) is 30.0 Å². The monoisotopic (exact) mass is 376 g/mol. The van der Waals surface area contributed by atoms with Gasteiger partial charge in [-0.05, 0) is 57.0 Å². The summed E-state index contributed by atoms with van der Waals surface area (Å²) in [4.78, 5) is 19.4. The molecule has 0 saturated carbocycles. The lowest BCUT2D eigenvalue weighted by Gasteiger charge is -2.22. The number of carbonyl (C=O) groups excluding carboxylic acids is 1. The zero-order valence-electron chi connectivity index (χ0n) is 15.7. The number of aliphatic imine (C=N–C) groups is 1. The molecular weight excluding hydrogens is 356 g/mol. The van der Waals surface area contributed by atoms with Crippen molar-refractivity contribution >= 4 is 34.7 Å². The van der Waals surface area contributed by atoms with E-state index in [1.165, 1.54) is 17.3 Å². The molecule has 27 heavy (non-hydrogen) atoms. The Labute approximate surface area is 162 Å². The summed E-state index contributed by atoms with van der Waals surface area (Å²) < 4.78 is 2.18. The van der Waals surface area contributed by atoms with Gasteiger partial charge in [-0.15, -0.1) is 0 Å². The number of nitrogens with zero attached hydrogens (tertiary/aromatic N) is 3. The Balaban J connectivity index is 1.80. The molecule has 0 radical (unpaired) electrons. The van der Waals surface area contributed by atoms with Gasteiger partial charge in [0, 0.05) is 28.2 Å². The van der Waals surface area contributed by atoms with E-state index in [9.17, 15) is 4.79 Å². The highest BCUT2D eigenvalue weighted by molar-refractivity contribution is 8.17. The number of allylic oxidation sites excluding steroid dienone is 1. The van der Waals surface area contributed by atoms with Crippen LogP contribution in [0.25, 0.3) is 11.8 Å². The van der Waals surface area contributed by atoms with Crippen LogP contribution in [0.4, 0.5) is 0 Å². The van der Waals surface area contributed by atoms with Crippen molar-refractivity contribution in [3.8, 4) is 5.69 Å². The first-order valence-corrected chi connectivity index (χ1v) is 9.52. The van der Waals surface area contributed by atoms with Crippen molar-refractivity contribution in [3.05, 3.63) is 69.5 Å². The Kier molecular flexibility index (Phi) is 4.15. The highest BCUT2D eigenvalue weighted by Gasteiger charge is 2.33. The van der Waals surface area contributed by atoms with Crippen LogP contribution in [0.2, 0.25) is 0 Å². The summed E-state index contributed by atoms with van der Waals surface area (Å²) >= 11 is 1.42. The molecule has 136 valence electrons. The number of aryl methyl sites for hydroxylation is 2. The Morgan fingerprint density at radius 1 is 1.15 bits per heavy atom. The van der Waals surface area contributed by atoms with Gasteiger partial charge < -0.3 is 4.57 Å². The summed E-state index contributed by atoms with van der Waals surface area (Å²) in [6.07, 6.45) is 3.64. The molecule has 0 spiro atoms. The first-order chi connectivity index (χ1) is 12.9. The number of para-hydroxylation sites is 1. The molecule has 6 heteroatoms. The molecule has 0 unspecified atom stereocenters. The molecule has 1 aromatic carbocycles. The average molecular weight is 376 g/mol. The lowest BCUT2D eigenvalue weighted by atomic mass is 10.1. The van der Waals surface area contributed by atoms with E-state index < -0.39 is 0 Å². The SMILES string of the molecule is CC1=CN2C(=N)/C(=C/c3cc(C)n(-c4ccccc4C)c3C)C(=O)N=C2S1. The van der Waals surface area contributed by atoms with E-state index in [2.05, 4.69) is 35.5 Å². The zero-order valence-corrected chi connectivity index (χ0v) is 16.5. The van der Waals surface area contributed by atoms with Gasteiger partial charge in [-0.2, -0.15) is 4.99 Å². The van der Waals surface area contributed by atoms with Crippen LogP contribution >= 0.6 is 11.8 Å². The third-order valence-electron chi connectivity index (χ3n) is 4.82. The van der Waals surface area contributed by atoms with Gasteiger partial charge >= 0.3 is 0 Å². The maximum atomic E-state index is 12.5. The maximum absolute atomic E-state index is 12.5. The lowest BCUT2D eigenvalue weighted by Crippen LogP contribution is -2.35. The average Bonchev–Trinajstić information content (AvgIpc) is 3.12. The number of hydrogen-bond acceptors (Lipinski definition) is 3. The number of hydrogen-bond donors (Lipinski definition) is 1. The molecule has 0 fully saturated rings. The summed E-state index contributed by atoms with van der Waals surface area (Å²) in [7, 11) is 0. The van der Waals surface area contributed by atoms with E-state index in [0.717, 1.165) is 27.5 Å². The summed E-state index contributed by atoms with van der Waals surface area (Å²) in [5, 5.41) is 9.02. The highest BCUT2D eigenvalue weighted by Crippen LogP contribution is 2.33. The van der Waals surface area contributed by atoms with Crippen molar-refractivity contribution in [2.24, 2.45) is 4.99 Å². The van der Waals surface area contributed by atoms with Crippen molar-refractivity contribution < 1.29 is 4.79 Å². The number of benzene rings is 1. The van der Waals surface area contributed by atoms with Crippen LogP contribution in [0.3, 0.4) is 0 Å². The minimum Gasteiger partial charge on any atom is -0.318 e. The second-order valence-electron chi connectivity index (χ2n) is 6.77. The molecule has 0 aliphatic carbocycles. The van der Waals surface area contributed by atoms with Crippen LogP contribution < -0.4 is 0 Å². The van der Waals surface area contributed by atoms with Gasteiger partial charge in [0.25, 0.3) is 5.91 Å². The summed E-state index contributed by atoms with van der Waals surface area (Å²) in [5.41, 5.74) is 5.67. The van der Waals surface area contributed by atoms with Crippen LogP contribution in [0.1, 0.15) is 29.4 Å². The first-order valence-electron chi connectivity index (χ1n) is 8.71. The highest BCUT2D eigenvalue weighted by atomic mass is 32.2. The number of fused-ring (bicyclic) bond motifs is 1. The predicted molar refractivity (Wildman–Crippen MR) is 111 cm³/mol. The van der Waals surface area contributed by atoms with Gasteiger partial charge in [0.2, 0.25) is 0 Å². The number of thioether (sulfide) groups is 1. The fourth-order valence-corrected chi connectivity index (χ4v) is 4.29. The largest absolute Gasteiger partial charge is 0.318 e. The standard InChI is InChI=1S/C21H20N4OS/c1-12-7-5-6-8-18(12)25-13(2)9-16(15(25)4)10-17-19(22)24-11-14(3)27-21(24)23-20(17)26/h5-11,22H,1-4H3/b17-10-,22-19?. The molecule has 1 N–H and O–H groups in total. The Hall–Kier alpha value is -2.86. The second-order valence-corrected chi connectivity index (χ2v) is 7.98. The Bertz CT molecular complexity index is 1090. The maximum Gasteiger partial charge on any atom is 0.283 e. The van der Waals surface area contributed by atoms with Crippen LogP contribution in [0.5, 0.6) is 0 Å². The smallest absolute Gasteiger partial charge is 0.283 e. The van der Waals surface area contributed by atoms with Gasteiger partial charge in [-0.3, -0.25) is 15.1 Å². The van der Waals surface area contributed by atoms with Crippen LogP contribution in [-0.4, -0.2) is 26.4 Å². The van der Waals surface area contributed by atoms with Gasteiger partial charge in [-0.25, -0.2) is 0 Å². The molecule has 2 aromatic rings.